The number of aromatic nitrogens is 3. The molecule has 0 spiro atoms. The Labute approximate surface area is 126 Å². The van der Waals surface area contributed by atoms with Crippen LogP contribution in [0.3, 0.4) is 0 Å². The largest absolute Gasteiger partial charge is 0.508 e. The standard InChI is InChI=1S/C16H13FN4O/c1-3-12-9-18-16-7-6-15(20-21(12)16)19-10(2)13-8-11(17)4-5-14(13)22/h1,4-10,22H,2H3,(H,19,20)/t10-/m1/s1. The van der Waals surface area contributed by atoms with E-state index >= 15 is 0 Å². The Morgan fingerprint density at radius 3 is 2.95 bits per heavy atom. The Morgan fingerprint density at radius 2 is 2.18 bits per heavy atom. The molecule has 2 heterocycles. The summed E-state index contributed by atoms with van der Waals surface area (Å²) in [5, 5.41) is 17.3. The van der Waals surface area contributed by atoms with E-state index in [0.717, 1.165) is 0 Å². The van der Waals surface area contributed by atoms with Crippen LogP contribution in [0.2, 0.25) is 0 Å². The molecular weight excluding hydrogens is 283 g/mol. The molecule has 2 N–H and O–H groups in total. The lowest BCUT2D eigenvalue weighted by molar-refractivity contribution is 0.462. The molecule has 0 aliphatic carbocycles. The van der Waals surface area contributed by atoms with Crippen molar-refractivity contribution in [3.63, 3.8) is 0 Å². The molecule has 22 heavy (non-hydrogen) atoms. The average Bonchev–Trinajstić information content (AvgIpc) is 2.92. The van der Waals surface area contributed by atoms with E-state index in [0.29, 0.717) is 22.7 Å². The van der Waals surface area contributed by atoms with Crippen LogP contribution in [0.1, 0.15) is 24.2 Å². The number of rotatable bonds is 3. The van der Waals surface area contributed by atoms with Crippen LogP contribution in [0.4, 0.5) is 10.2 Å². The Kier molecular flexibility index (Phi) is 3.39. The molecule has 0 fully saturated rings. The molecule has 1 aromatic carbocycles. The molecule has 6 heteroatoms. The van der Waals surface area contributed by atoms with Crippen LogP contribution in [0, 0.1) is 18.2 Å². The summed E-state index contributed by atoms with van der Waals surface area (Å²) < 4.78 is 14.9. The van der Waals surface area contributed by atoms with Crippen LogP contribution in [0.5, 0.6) is 5.75 Å². The minimum absolute atomic E-state index is 0.0226. The SMILES string of the molecule is C#Cc1cnc2ccc(N[C@H](C)c3cc(F)ccc3O)nn12. The fourth-order valence-electron chi connectivity index (χ4n) is 2.22. The zero-order valence-corrected chi connectivity index (χ0v) is 11.8. The summed E-state index contributed by atoms with van der Waals surface area (Å²) in [5.74, 6) is 2.65. The smallest absolute Gasteiger partial charge is 0.155 e. The van der Waals surface area contributed by atoms with Crippen LogP contribution in [0.25, 0.3) is 5.65 Å². The molecule has 0 aliphatic heterocycles. The van der Waals surface area contributed by atoms with E-state index in [-0.39, 0.29) is 11.8 Å². The highest BCUT2D eigenvalue weighted by Gasteiger charge is 2.13. The molecular formula is C16H13FN4O. The van der Waals surface area contributed by atoms with Crippen LogP contribution in [0.15, 0.2) is 36.5 Å². The Bertz CT molecular complexity index is 881. The number of benzene rings is 1. The van der Waals surface area contributed by atoms with Crippen molar-refractivity contribution in [3.05, 3.63) is 53.6 Å². The molecule has 0 unspecified atom stereocenters. The van der Waals surface area contributed by atoms with Gasteiger partial charge in [0.05, 0.1) is 12.2 Å². The Morgan fingerprint density at radius 1 is 1.36 bits per heavy atom. The van der Waals surface area contributed by atoms with Gasteiger partial charge < -0.3 is 10.4 Å². The molecule has 1 atom stereocenters. The first kappa shape index (κ1) is 13.9. The van der Waals surface area contributed by atoms with Gasteiger partial charge in [-0.1, -0.05) is 0 Å². The maximum absolute atomic E-state index is 13.3. The predicted octanol–water partition coefficient (Wildman–Crippen LogP) is 2.73. The van der Waals surface area contributed by atoms with Crippen molar-refractivity contribution < 1.29 is 9.50 Å². The topological polar surface area (TPSA) is 62.5 Å². The number of aromatic hydroxyl groups is 1. The fraction of sp³-hybridized carbons (Fsp3) is 0.125. The number of nitrogens with one attached hydrogen (secondary N) is 1. The van der Waals surface area contributed by atoms with Crippen molar-refractivity contribution in [2.75, 3.05) is 5.32 Å². The quantitative estimate of drug-likeness (QED) is 0.730. The Balaban J connectivity index is 1.92. The lowest BCUT2D eigenvalue weighted by Crippen LogP contribution is -2.10. The number of imidazole rings is 1. The zero-order valence-electron chi connectivity index (χ0n) is 11.8. The number of phenolic OH excluding ortho intramolecular Hbond substituents is 1. The monoisotopic (exact) mass is 296 g/mol. The summed E-state index contributed by atoms with van der Waals surface area (Å²) in [7, 11) is 0. The van der Waals surface area contributed by atoms with Gasteiger partial charge >= 0.3 is 0 Å². The van der Waals surface area contributed by atoms with Crippen molar-refractivity contribution in [2.45, 2.75) is 13.0 Å². The molecule has 2 aromatic heterocycles. The average molecular weight is 296 g/mol. The highest BCUT2D eigenvalue weighted by atomic mass is 19.1. The maximum atomic E-state index is 13.3. The molecule has 0 saturated carbocycles. The number of anilines is 1. The first-order valence-electron chi connectivity index (χ1n) is 6.65. The van der Waals surface area contributed by atoms with E-state index in [1.54, 1.807) is 29.8 Å². The zero-order chi connectivity index (χ0) is 15.7. The normalized spacial score (nSPS) is 12.0. The molecule has 3 rings (SSSR count). The van der Waals surface area contributed by atoms with Crippen LogP contribution < -0.4 is 5.32 Å². The number of hydrogen-bond acceptors (Lipinski definition) is 4. The molecule has 110 valence electrons. The van der Waals surface area contributed by atoms with Gasteiger partial charge in [0.15, 0.2) is 5.65 Å². The second kappa shape index (κ2) is 5.37. The molecule has 0 bridgehead atoms. The third-order valence-corrected chi connectivity index (χ3v) is 3.33. The molecule has 3 aromatic rings. The van der Waals surface area contributed by atoms with E-state index in [4.69, 9.17) is 6.42 Å². The fourth-order valence-corrected chi connectivity index (χ4v) is 2.22. The van der Waals surface area contributed by atoms with Gasteiger partial charge in [0.25, 0.3) is 0 Å². The summed E-state index contributed by atoms with van der Waals surface area (Å²) in [6, 6.07) is 7.00. The number of fused-ring (bicyclic) bond motifs is 1. The van der Waals surface area contributed by atoms with Crippen molar-refractivity contribution in [1.29, 1.82) is 0 Å². The van der Waals surface area contributed by atoms with E-state index in [1.165, 1.54) is 18.2 Å². The van der Waals surface area contributed by atoms with Crippen molar-refractivity contribution in [2.24, 2.45) is 0 Å². The summed E-state index contributed by atoms with van der Waals surface area (Å²) in [6.07, 6.45) is 6.96. The van der Waals surface area contributed by atoms with Crippen LogP contribution in [-0.2, 0) is 0 Å². The number of terminal acetylenes is 1. The molecule has 0 aliphatic rings. The number of phenols is 1. The van der Waals surface area contributed by atoms with Gasteiger partial charge in [-0.3, -0.25) is 0 Å². The highest BCUT2D eigenvalue weighted by Crippen LogP contribution is 2.27. The summed E-state index contributed by atoms with van der Waals surface area (Å²) in [6.45, 7) is 1.80. The third kappa shape index (κ3) is 2.44. The van der Waals surface area contributed by atoms with Crippen LogP contribution >= 0.6 is 0 Å². The van der Waals surface area contributed by atoms with Gasteiger partial charge in [0.1, 0.15) is 23.1 Å². The lowest BCUT2D eigenvalue weighted by Gasteiger charge is -2.16. The second-order valence-electron chi connectivity index (χ2n) is 4.85. The summed E-state index contributed by atoms with van der Waals surface area (Å²) in [4.78, 5) is 4.13. The maximum Gasteiger partial charge on any atom is 0.155 e. The van der Waals surface area contributed by atoms with Crippen molar-refractivity contribution in [3.8, 4) is 18.1 Å². The predicted molar refractivity (Wildman–Crippen MR) is 81.0 cm³/mol. The van der Waals surface area contributed by atoms with Crippen LogP contribution in [-0.4, -0.2) is 19.7 Å². The first-order chi connectivity index (χ1) is 10.6. The highest BCUT2D eigenvalue weighted by molar-refractivity contribution is 5.49. The minimum Gasteiger partial charge on any atom is -0.508 e. The van der Waals surface area contributed by atoms with Gasteiger partial charge in [-0.25, -0.2) is 13.9 Å². The van der Waals surface area contributed by atoms with Crippen molar-refractivity contribution >= 4 is 11.5 Å². The minimum atomic E-state index is -0.408. The van der Waals surface area contributed by atoms with E-state index in [9.17, 15) is 9.50 Å². The molecule has 0 amide bonds. The van der Waals surface area contributed by atoms with Crippen molar-refractivity contribution in [1.82, 2.24) is 14.6 Å². The van der Waals surface area contributed by atoms with E-state index in [2.05, 4.69) is 21.3 Å². The second-order valence-corrected chi connectivity index (χ2v) is 4.85. The van der Waals surface area contributed by atoms with Gasteiger partial charge in [0.2, 0.25) is 0 Å². The number of hydrogen-bond donors (Lipinski definition) is 2. The number of halogens is 1. The van der Waals surface area contributed by atoms with E-state index in [1.807, 2.05) is 0 Å². The third-order valence-electron chi connectivity index (χ3n) is 3.33. The van der Waals surface area contributed by atoms with Gasteiger partial charge in [-0.15, -0.1) is 11.5 Å². The Hall–Kier alpha value is -3.07. The first-order valence-corrected chi connectivity index (χ1v) is 6.65. The molecule has 5 nitrogen and oxygen atoms in total. The molecule has 0 radical (unpaired) electrons. The summed E-state index contributed by atoms with van der Waals surface area (Å²) >= 11 is 0. The van der Waals surface area contributed by atoms with Gasteiger partial charge in [-0.2, -0.15) is 0 Å². The van der Waals surface area contributed by atoms with Gasteiger partial charge in [0, 0.05) is 5.56 Å². The molecule has 0 saturated heterocycles. The number of nitrogens with zero attached hydrogens (tertiary/aromatic N) is 3. The van der Waals surface area contributed by atoms with Gasteiger partial charge in [-0.05, 0) is 43.2 Å². The lowest BCUT2D eigenvalue weighted by atomic mass is 10.1. The summed E-state index contributed by atoms with van der Waals surface area (Å²) in [5.41, 5.74) is 1.63. The van der Waals surface area contributed by atoms with E-state index < -0.39 is 5.82 Å².